The molecule has 0 aliphatic carbocycles. The molecule has 2 aromatic heterocycles. The maximum absolute atomic E-state index is 11.7. The Hall–Kier alpha value is -2.94. The summed E-state index contributed by atoms with van der Waals surface area (Å²) >= 11 is 0. The third kappa shape index (κ3) is 4.56. The molecule has 9 heteroatoms. The number of aryl methyl sites for hydroxylation is 1. The average molecular weight is 400 g/mol. The highest BCUT2D eigenvalue weighted by atomic mass is 16.5. The number of rotatable bonds is 9. The summed E-state index contributed by atoms with van der Waals surface area (Å²) in [5.41, 5.74) is 2.37. The largest absolute Gasteiger partial charge is 0.497 e. The molecule has 9 nitrogen and oxygen atoms in total. The minimum atomic E-state index is -0.960. The van der Waals surface area contributed by atoms with Crippen LogP contribution in [0, 0.1) is 12.8 Å². The zero-order valence-corrected chi connectivity index (χ0v) is 17.3. The smallest absolute Gasteiger partial charge is 0.249 e. The summed E-state index contributed by atoms with van der Waals surface area (Å²) in [6, 6.07) is 5.70. The van der Waals surface area contributed by atoms with Crippen molar-refractivity contribution in [2.45, 2.75) is 39.7 Å². The quantitative estimate of drug-likeness (QED) is 0.470. The van der Waals surface area contributed by atoms with E-state index >= 15 is 0 Å². The molecule has 0 aliphatic heterocycles. The highest BCUT2D eigenvalue weighted by molar-refractivity contribution is 5.84. The molecule has 3 rings (SSSR count). The molecular formula is C20H28N6O3. The van der Waals surface area contributed by atoms with Crippen LogP contribution in [0.5, 0.6) is 5.75 Å². The average Bonchev–Trinajstić information content (AvgIpc) is 3.11. The van der Waals surface area contributed by atoms with Crippen LogP contribution in [0.3, 0.4) is 0 Å². The molecule has 0 radical (unpaired) electrons. The second kappa shape index (κ2) is 9.04. The summed E-state index contributed by atoms with van der Waals surface area (Å²) in [7, 11) is 1.63. The first-order chi connectivity index (χ1) is 13.9. The normalized spacial score (nSPS) is 12.5. The van der Waals surface area contributed by atoms with Gasteiger partial charge < -0.3 is 20.5 Å². The van der Waals surface area contributed by atoms with Crippen molar-refractivity contribution < 1.29 is 14.6 Å². The molecule has 0 fully saturated rings. The number of benzene rings is 1. The van der Waals surface area contributed by atoms with Crippen molar-refractivity contribution in [3.8, 4) is 5.75 Å². The molecule has 0 saturated carbocycles. The van der Waals surface area contributed by atoms with Crippen molar-refractivity contribution in [3.05, 3.63) is 24.0 Å². The van der Waals surface area contributed by atoms with Gasteiger partial charge in [-0.25, -0.2) is 4.98 Å². The molecule has 1 atom stereocenters. The van der Waals surface area contributed by atoms with Crippen LogP contribution < -0.4 is 15.4 Å². The standard InChI is InChI=1S/C20H28N6O3/c1-12(2)17(27)20(28)22-10-6-5-9-21-18-19-25-24-13(3)26(19)16-11-14(29-4)7-8-15(16)23-18/h7-8,11-12,17,27H,5-6,9-10H2,1-4H3,(H,21,23)(H,22,28)/t17-/m1/s1. The number of aromatic nitrogens is 4. The molecule has 3 aromatic rings. The van der Waals surface area contributed by atoms with Gasteiger partial charge in [-0.3, -0.25) is 9.20 Å². The number of hydrogen-bond donors (Lipinski definition) is 3. The molecule has 0 saturated heterocycles. The van der Waals surface area contributed by atoms with Crippen molar-refractivity contribution in [2.24, 2.45) is 5.92 Å². The fourth-order valence-electron chi connectivity index (χ4n) is 3.07. The van der Waals surface area contributed by atoms with Gasteiger partial charge in [0.15, 0.2) is 5.82 Å². The molecule has 0 spiro atoms. The van der Waals surface area contributed by atoms with E-state index in [1.165, 1.54) is 0 Å². The Morgan fingerprint density at radius 3 is 2.72 bits per heavy atom. The van der Waals surface area contributed by atoms with E-state index in [1.807, 2.05) is 43.4 Å². The first kappa shape index (κ1) is 20.8. The number of amides is 1. The number of carbonyl (C=O) groups is 1. The summed E-state index contributed by atoms with van der Waals surface area (Å²) in [5, 5.41) is 24.2. The predicted molar refractivity (Wildman–Crippen MR) is 111 cm³/mol. The minimum Gasteiger partial charge on any atom is -0.497 e. The predicted octanol–water partition coefficient (Wildman–Crippen LogP) is 1.92. The first-order valence-electron chi connectivity index (χ1n) is 9.81. The fraction of sp³-hybridized carbons (Fsp3) is 0.500. The van der Waals surface area contributed by atoms with Gasteiger partial charge in [-0.1, -0.05) is 13.8 Å². The van der Waals surface area contributed by atoms with Crippen LogP contribution in [0.1, 0.15) is 32.5 Å². The Labute approximate surface area is 169 Å². The number of methoxy groups -OCH3 is 1. The molecule has 1 amide bonds. The van der Waals surface area contributed by atoms with E-state index in [1.54, 1.807) is 7.11 Å². The van der Waals surface area contributed by atoms with Crippen molar-refractivity contribution in [3.63, 3.8) is 0 Å². The Bertz CT molecular complexity index is 1000. The monoisotopic (exact) mass is 400 g/mol. The number of nitrogens with zero attached hydrogens (tertiary/aromatic N) is 4. The van der Waals surface area contributed by atoms with Crippen LogP contribution in [-0.4, -0.2) is 56.9 Å². The topological polar surface area (TPSA) is 114 Å². The van der Waals surface area contributed by atoms with Gasteiger partial charge >= 0.3 is 0 Å². The number of aliphatic hydroxyl groups excluding tert-OH is 1. The lowest BCUT2D eigenvalue weighted by atomic mass is 10.1. The van der Waals surface area contributed by atoms with E-state index in [9.17, 15) is 9.90 Å². The van der Waals surface area contributed by atoms with Crippen molar-refractivity contribution >= 4 is 28.4 Å². The van der Waals surface area contributed by atoms with Gasteiger partial charge in [-0.15, -0.1) is 10.2 Å². The van der Waals surface area contributed by atoms with Crippen LogP contribution in [-0.2, 0) is 4.79 Å². The number of carbonyl (C=O) groups excluding carboxylic acids is 1. The third-order valence-corrected chi connectivity index (χ3v) is 4.79. The van der Waals surface area contributed by atoms with Crippen LogP contribution in [0.2, 0.25) is 0 Å². The van der Waals surface area contributed by atoms with Gasteiger partial charge in [0.1, 0.15) is 17.7 Å². The van der Waals surface area contributed by atoms with E-state index in [4.69, 9.17) is 4.74 Å². The van der Waals surface area contributed by atoms with E-state index in [0.29, 0.717) is 24.6 Å². The number of anilines is 1. The van der Waals surface area contributed by atoms with Crippen molar-refractivity contribution in [2.75, 3.05) is 25.5 Å². The zero-order valence-electron chi connectivity index (χ0n) is 17.3. The Kier molecular flexibility index (Phi) is 6.48. The second-order valence-corrected chi connectivity index (χ2v) is 7.34. The maximum Gasteiger partial charge on any atom is 0.249 e. The summed E-state index contributed by atoms with van der Waals surface area (Å²) in [6.45, 7) is 6.73. The lowest BCUT2D eigenvalue weighted by Crippen LogP contribution is -2.38. The van der Waals surface area contributed by atoms with Crippen LogP contribution in [0.15, 0.2) is 18.2 Å². The SMILES string of the molecule is COc1ccc2nc(NCCCCNC(=O)[C@H](O)C(C)C)c3nnc(C)n3c2c1. The number of fused-ring (bicyclic) bond motifs is 3. The lowest BCUT2D eigenvalue weighted by Gasteiger charge is -2.14. The molecule has 156 valence electrons. The van der Waals surface area contributed by atoms with Gasteiger partial charge in [0.2, 0.25) is 11.6 Å². The van der Waals surface area contributed by atoms with Gasteiger partial charge in [0, 0.05) is 19.2 Å². The van der Waals surface area contributed by atoms with Crippen molar-refractivity contribution in [1.82, 2.24) is 24.9 Å². The van der Waals surface area contributed by atoms with Gasteiger partial charge in [-0.05, 0) is 37.8 Å². The summed E-state index contributed by atoms with van der Waals surface area (Å²) < 4.78 is 7.28. The molecular weight excluding hydrogens is 372 g/mol. The highest BCUT2D eigenvalue weighted by Crippen LogP contribution is 2.25. The van der Waals surface area contributed by atoms with Crippen molar-refractivity contribution in [1.29, 1.82) is 0 Å². The molecule has 2 heterocycles. The molecule has 3 N–H and O–H groups in total. The zero-order chi connectivity index (χ0) is 21.0. The molecule has 0 bridgehead atoms. The van der Waals surface area contributed by atoms with E-state index in [2.05, 4.69) is 25.8 Å². The lowest BCUT2D eigenvalue weighted by molar-refractivity contribution is -0.131. The summed E-state index contributed by atoms with van der Waals surface area (Å²) in [5.74, 6) is 1.78. The molecule has 0 aliphatic rings. The molecule has 29 heavy (non-hydrogen) atoms. The van der Waals surface area contributed by atoms with Crippen LogP contribution in [0.4, 0.5) is 5.82 Å². The number of aliphatic hydroxyl groups is 1. The minimum absolute atomic E-state index is 0.0929. The maximum atomic E-state index is 11.7. The second-order valence-electron chi connectivity index (χ2n) is 7.34. The number of unbranched alkanes of at least 4 members (excludes halogenated alkanes) is 1. The fourth-order valence-corrected chi connectivity index (χ4v) is 3.07. The summed E-state index contributed by atoms with van der Waals surface area (Å²) in [4.78, 5) is 16.4. The number of hydrogen-bond acceptors (Lipinski definition) is 7. The molecule has 1 aromatic carbocycles. The van der Waals surface area contributed by atoms with Crippen LogP contribution in [0.25, 0.3) is 16.7 Å². The highest BCUT2D eigenvalue weighted by Gasteiger charge is 2.18. The summed E-state index contributed by atoms with van der Waals surface area (Å²) in [6.07, 6.45) is 0.661. The van der Waals surface area contributed by atoms with Gasteiger partial charge in [0.25, 0.3) is 0 Å². The van der Waals surface area contributed by atoms with Gasteiger partial charge in [0.05, 0.1) is 18.1 Å². The Morgan fingerprint density at radius 1 is 1.24 bits per heavy atom. The number of nitrogens with one attached hydrogen (secondary N) is 2. The Balaban J connectivity index is 1.63. The van der Waals surface area contributed by atoms with Gasteiger partial charge in [-0.2, -0.15) is 0 Å². The first-order valence-corrected chi connectivity index (χ1v) is 9.81. The third-order valence-electron chi connectivity index (χ3n) is 4.79. The molecule has 0 unspecified atom stereocenters. The van der Waals surface area contributed by atoms with E-state index < -0.39 is 6.10 Å². The van der Waals surface area contributed by atoms with E-state index in [0.717, 1.165) is 35.4 Å². The number of ether oxygens (including phenoxy) is 1. The van der Waals surface area contributed by atoms with E-state index in [-0.39, 0.29) is 11.8 Å². The Morgan fingerprint density at radius 2 is 2.00 bits per heavy atom. The van der Waals surface area contributed by atoms with Crippen LogP contribution >= 0.6 is 0 Å².